The van der Waals surface area contributed by atoms with Crippen molar-refractivity contribution < 1.29 is 29.0 Å². The Kier molecular flexibility index (Phi) is 6.08. The first-order valence-corrected chi connectivity index (χ1v) is 13.2. The molecule has 0 atom stereocenters. The van der Waals surface area contributed by atoms with Gasteiger partial charge in [0.25, 0.3) is 11.8 Å². The van der Waals surface area contributed by atoms with Gasteiger partial charge in [0.05, 0.1) is 11.6 Å². The fourth-order valence-electron chi connectivity index (χ4n) is 6.11. The zero-order chi connectivity index (χ0) is 27.2. The SMILES string of the molecule is O=C1COc2ccc(CNC(=O)c3cc(C(=O)NCC45CCC(C(=O)O)(CC4)CC5)n4nccc4n3)cc2C1. The summed E-state index contributed by atoms with van der Waals surface area (Å²) in [6.07, 6.45) is 6.02. The number of benzene rings is 1. The number of carbonyl (C=O) groups is 4. The molecule has 2 aromatic heterocycles. The van der Waals surface area contributed by atoms with Crippen LogP contribution in [-0.4, -0.2) is 56.4 Å². The van der Waals surface area contributed by atoms with E-state index >= 15 is 0 Å². The van der Waals surface area contributed by atoms with E-state index in [-0.39, 0.29) is 41.6 Å². The van der Waals surface area contributed by atoms with E-state index in [1.165, 1.54) is 16.8 Å². The third kappa shape index (κ3) is 4.62. The van der Waals surface area contributed by atoms with Crippen LogP contribution < -0.4 is 15.4 Å². The van der Waals surface area contributed by atoms with Crippen LogP contribution in [0.1, 0.15) is 70.6 Å². The third-order valence-corrected chi connectivity index (χ3v) is 8.66. The van der Waals surface area contributed by atoms with Crippen molar-refractivity contribution in [3.8, 4) is 5.75 Å². The Morgan fingerprint density at radius 3 is 2.51 bits per heavy atom. The maximum absolute atomic E-state index is 13.3. The van der Waals surface area contributed by atoms with Crippen molar-refractivity contribution in [2.24, 2.45) is 10.8 Å². The van der Waals surface area contributed by atoms with Gasteiger partial charge in [-0.25, -0.2) is 9.50 Å². The second-order valence-electron chi connectivity index (χ2n) is 11.0. The number of ether oxygens (including phenoxy) is 1. The minimum Gasteiger partial charge on any atom is -0.486 e. The lowest BCUT2D eigenvalue weighted by Crippen LogP contribution is -2.50. The van der Waals surface area contributed by atoms with Crippen LogP contribution in [0.2, 0.25) is 0 Å². The molecule has 3 heterocycles. The molecule has 11 heteroatoms. The molecule has 3 aliphatic carbocycles. The van der Waals surface area contributed by atoms with Crippen molar-refractivity contribution in [1.29, 1.82) is 0 Å². The van der Waals surface area contributed by atoms with Gasteiger partial charge >= 0.3 is 5.97 Å². The fraction of sp³-hybridized carbons (Fsp3) is 0.429. The number of nitrogens with zero attached hydrogens (tertiary/aromatic N) is 3. The number of fused-ring (bicyclic) bond motifs is 5. The minimum atomic E-state index is -0.709. The van der Waals surface area contributed by atoms with E-state index in [0.717, 1.165) is 30.4 Å². The lowest BCUT2D eigenvalue weighted by atomic mass is 9.53. The molecule has 1 aromatic carbocycles. The maximum atomic E-state index is 13.3. The van der Waals surface area contributed by atoms with Gasteiger partial charge in [0.2, 0.25) is 0 Å². The standard InChI is InChI=1S/C28H29N5O6/c34-19-12-18-11-17(1-2-22(18)39-15-19)14-29-24(35)20-13-21(33-23(32-20)3-10-31-33)25(36)30-16-27-4-7-28(8-5-27,9-6-27)26(37)38/h1-3,10-11,13H,4-9,12,14-16H2,(H,29,35)(H,30,36)(H,37,38). The lowest BCUT2D eigenvalue weighted by molar-refractivity contribution is -0.158. The van der Waals surface area contributed by atoms with E-state index in [1.807, 2.05) is 12.1 Å². The van der Waals surface area contributed by atoms with E-state index < -0.39 is 17.3 Å². The van der Waals surface area contributed by atoms with Crippen molar-refractivity contribution >= 4 is 29.2 Å². The molecule has 0 unspecified atom stereocenters. The monoisotopic (exact) mass is 531 g/mol. The topological polar surface area (TPSA) is 152 Å². The molecule has 2 amide bonds. The van der Waals surface area contributed by atoms with Crippen molar-refractivity contribution in [2.75, 3.05) is 13.2 Å². The molecule has 0 spiro atoms. The summed E-state index contributed by atoms with van der Waals surface area (Å²) in [5.41, 5.74) is 1.55. The van der Waals surface area contributed by atoms with Crippen molar-refractivity contribution in [1.82, 2.24) is 25.2 Å². The van der Waals surface area contributed by atoms with Crippen molar-refractivity contribution in [3.63, 3.8) is 0 Å². The Hall–Kier alpha value is -4.28. The summed E-state index contributed by atoms with van der Waals surface area (Å²) in [4.78, 5) is 54.1. The molecule has 3 aromatic rings. The molecule has 7 rings (SSSR count). The van der Waals surface area contributed by atoms with E-state index in [2.05, 4.69) is 20.7 Å². The summed E-state index contributed by atoms with van der Waals surface area (Å²) in [6, 6.07) is 8.52. The van der Waals surface area contributed by atoms with Crippen molar-refractivity contribution in [2.45, 2.75) is 51.5 Å². The zero-order valence-electron chi connectivity index (χ0n) is 21.4. The summed E-state index contributed by atoms with van der Waals surface area (Å²) in [5, 5.41) is 19.7. The highest BCUT2D eigenvalue weighted by atomic mass is 16.5. The quantitative estimate of drug-likeness (QED) is 0.420. The van der Waals surface area contributed by atoms with E-state index in [0.29, 0.717) is 43.6 Å². The number of ketones is 1. The van der Waals surface area contributed by atoms with Gasteiger partial charge in [0, 0.05) is 37.2 Å². The van der Waals surface area contributed by atoms with Gasteiger partial charge in [-0.3, -0.25) is 19.2 Å². The first-order valence-electron chi connectivity index (χ1n) is 13.2. The Balaban J connectivity index is 1.14. The molecule has 2 bridgehead atoms. The summed E-state index contributed by atoms with van der Waals surface area (Å²) < 4.78 is 6.83. The van der Waals surface area contributed by atoms with Crippen LogP contribution in [0.4, 0.5) is 0 Å². The molecule has 3 N–H and O–H groups in total. The van der Waals surface area contributed by atoms with Gasteiger partial charge in [-0.05, 0) is 61.6 Å². The lowest BCUT2D eigenvalue weighted by Gasteiger charge is -2.51. The molecule has 202 valence electrons. The molecule has 1 aliphatic heterocycles. The number of hydrogen-bond acceptors (Lipinski definition) is 7. The summed E-state index contributed by atoms with van der Waals surface area (Å²) in [7, 11) is 0. The van der Waals surface area contributed by atoms with E-state index in [1.54, 1.807) is 12.1 Å². The number of carboxylic acid groups (broad SMARTS) is 1. The molecule has 0 saturated heterocycles. The van der Waals surface area contributed by atoms with Gasteiger partial charge < -0.3 is 20.5 Å². The second kappa shape index (κ2) is 9.48. The fourth-order valence-corrected chi connectivity index (χ4v) is 6.11. The first-order chi connectivity index (χ1) is 18.8. The van der Waals surface area contributed by atoms with Gasteiger partial charge in [0.15, 0.2) is 11.4 Å². The van der Waals surface area contributed by atoms with E-state index in [4.69, 9.17) is 4.74 Å². The maximum Gasteiger partial charge on any atom is 0.309 e. The normalized spacial score (nSPS) is 23.6. The van der Waals surface area contributed by atoms with Crippen LogP contribution in [0, 0.1) is 10.8 Å². The molecule has 4 aliphatic rings. The average Bonchev–Trinajstić information content (AvgIpc) is 3.44. The molecule has 39 heavy (non-hydrogen) atoms. The molecule has 0 radical (unpaired) electrons. The third-order valence-electron chi connectivity index (χ3n) is 8.66. The van der Waals surface area contributed by atoms with Crippen LogP contribution in [0.25, 0.3) is 5.65 Å². The Labute approximate surface area is 223 Å². The van der Waals surface area contributed by atoms with Gasteiger partial charge in [-0.15, -0.1) is 0 Å². The number of carbonyl (C=O) groups excluding carboxylic acids is 3. The molecule has 11 nitrogen and oxygen atoms in total. The number of aromatic nitrogens is 3. The van der Waals surface area contributed by atoms with Gasteiger partial charge in [-0.2, -0.15) is 5.10 Å². The second-order valence-corrected chi connectivity index (χ2v) is 11.0. The van der Waals surface area contributed by atoms with Crippen LogP contribution in [0.3, 0.4) is 0 Å². The van der Waals surface area contributed by atoms with E-state index in [9.17, 15) is 24.3 Å². The number of rotatable bonds is 7. The number of aliphatic carboxylic acids is 1. The average molecular weight is 532 g/mol. The molecular formula is C28H29N5O6. The first kappa shape index (κ1) is 25.0. The van der Waals surface area contributed by atoms with Crippen molar-refractivity contribution in [3.05, 3.63) is 59.0 Å². The van der Waals surface area contributed by atoms with Gasteiger partial charge in [0.1, 0.15) is 23.7 Å². The van der Waals surface area contributed by atoms with Crippen LogP contribution in [0.5, 0.6) is 5.75 Å². The highest BCUT2D eigenvalue weighted by molar-refractivity contribution is 5.98. The molecule has 3 saturated carbocycles. The molecular weight excluding hydrogens is 502 g/mol. The number of carboxylic acids is 1. The predicted octanol–water partition coefficient (Wildman–Crippen LogP) is 2.32. The minimum absolute atomic E-state index is 0.00717. The Bertz CT molecular complexity index is 1490. The predicted molar refractivity (Wildman–Crippen MR) is 137 cm³/mol. The van der Waals surface area contributed by atoms with Crippen LogP contribution in [0.15, 0.2) is 36.5 Å². The summed E-state index contributed by atoms with van der Waals surface area (Å²) in [6.45, 7) is 0.737. The van der Waals surface area contributed by atoms with Crippen LogP contribution >= 0.6 is 0 Å². The number of Topliss-reactive ketones (excluding diaryl/α,β-unsaturated/α-hetero) is 1. The number of amides is 2. The zero-order valence-corrected chi connectivity index (χ0v) is 21.4. The number of nitrogens with one attached hydrogen (secondary N) is 2. The number of hydrogen-bond donors (Lipinski definition) is 3. The van der Waals surface area contributed by atoms with Gasteiger partial charge in [-0.1, -0.05) is 6.07 Å². The summed E-state index contributed by atoms with van der Waals surface area (Å²) in [5.74, 6) is -0.835. The highest BCUT2D eigenvalue weighted by Crippen LogP contribution is 2.56. The van der Waals surface area contributed by atoms with Crippen LogP contribution in [-0.2, 0) is 22.6 Å². The highest BCUT2D eigenvalue weighted by Gasteiger charge is 2.52. The Morgan fingerprint density at radius 2 is 1.77 bits per heavy atom. The molecule has 3 fully saturated rings. The largest absolute Gasteiger partial charge is 0.486 e. The Morgan fingerprint density at radius 1 is 1.00 bits per heavy atom. The summed E-state index contributed by atoms with van der Waals surface area (Å²) >= 11 is 0. The smallest absolute Gasteiger partial charge is 0.309 e.